The summed E-state index contributed by atoms with van der Waals surface area (Å²) in [6, 6.07) is 15.7. The molecule has 0 unspecified atom stereocenters. The zero-order chi connectivity index (χ0) is 26.6. The number of benzene rings is 2. The van der Waals surface area contributed by atoms with Crippen LogP contribution in [0.25, 0.3) is 17.7 Å². The number of esters is 1. The molecule has 0 spiro atoms. The average Bonchev–Trinajstić information content (AvgIpc) is 3.04. The predicted octanol–water partition coefficient (Wildman–Crippen LogP) is 5.05. The van der Waals surface area contributed by atoms with Crippen LogP contribution in [0.3, 0.4) is 0 Å². The lowest BCUT2D eigenvalue weighted by molar-refractivity contribution is -0.146. The Bertz CT molecular complexity index is 1190. The Morgan fingerprint density at radius 2 is 1.46 bits per heavy atom. The van der Waals surface area contributed by atoms with E-state index in [-0.39, 0.29) is 12.3 Å². The Morgan fingerprint density at radius 3 is 1.97 bits per heavy atom. The topological polar surface area (TPSA) is 84.9 Å². The number of likely N-dealkylation sites (tertiary alicyclic amines) is 1. The van der Waals surface area contributed by atoms with E-state index in [0.29, 0.717) is 13.1 Å². The molecule has 1 saturated heterocycles. The summed E-state index contributed by atoms with van der Waals surface area (Å²) in [7, 11) is 1.23. The first kappa shape index (κ1) is 26.2. The van der Waals surface area contributed by atoms with Gasteiger partial charge in [-0.1, -0.05) is 66.3 Å². The highest BCUT2D eigenvalue weighted by atomic mass is 16.6. The molecule has 2 amide bonds. The molecule has 2 aliphatic rings. The Kier molecular flexibility index (Phi) is 7.81. The quantitative estimate of drug-likeness (QED) is 0.505. The number of carbonyl (C=O) groups excluding carboxylic acids is 3. The number of hydrogen-bond donors (Lipinski definition) is 1. The number of amides is 2. The standard InChI is InChI=1S/C30H34N2O5/c1-30(2,3)37-29(35)31-25(28(34)36-4)19-26(33)32-17-15-22(16-18-32)27-23-11-7-5-9-20(23)13-14-21-10-6-8-12-24(21)27/h5-14,25H,15-19H2,1-4H3,(H,31,35)/t25-/m1/s1. The lowest BCUT2D eigenvalue weighted by Crippen LogP contribution is -2.48. The summed E-state index contributed by atoms with van der Waals surface area (Å²) in [6.07, 6.45) is 4.82. The average molecular weight is 503 g/mol. The minimum Gasteiger partial charge on any atom is -0.467 e. The molecule has 1 aliphatic carbocycles. The first-order valence-electron chi connectivity index (χ1n) is 12.6. The number of hydrogen-bond acceptors (Lipinski definition) is 5. The van der Waals surface area contributed by atoms with E-state index in [9.17, 15) is 14.4 Å². The van der Waals surface area contributed by atoms with E-state index in [1.807, 2.05) is 12.1 Å². The van der Waals surface area contributed by atoms with Gasteiger partial charge in [0.25, 0.3) is 0 Å². The van der Waals surface area contributed by atoms with Crippen LogP contribution in [-0.2, 0) is 19.1 Å². The third-order valence-corrected chi connectivity index (χ3v) is 6.53. The maximum absolute atomic E-state index is 13.1. The van der Waals surface area contributed by atoms with Crippen molar-refractivity contribution >= 4 is 35.7 Å². The van der Waals surface area contributed by atoms with Crippen LogP contribution < -0.4 is 5.32 Å². The second-order valence-electron chi connectivity index (χ2n) is 10.3. The van der Waals surface area contributed by atoms with Crippen LogP contribution in [0, 0.1) is 0 Å². The van der Waals surface area contributed by atoms with Gasteiger partial charge >= 0.3 is 12.1 Å². The highest BCUT2D eigenvalue weighted by Crippen LogP contribution is 2.38. The molecule has 0 bridgehead atoms. The van der Waals surface area contributed by atoms with Crippen LogP contribution in [-0.4, -0.2) is 54.7 Å². The van der Waals surface area contributed by atoms with E-state index in [0.717, 1.165) is 12.8 Å². The zero-order valence-electron chi connectivity index (χ0n) is 21.9. The van der Waals surface area contributed by atoms with Crippen LogP contribution in [0.1, 0.15) is 62.3 Å². The number of nitrogens with one attached hydrogen (secondary N) is 1. The van der Waals surface area contributed by atoms with Crippen molar-refractivity contribution in [3.8, 4) is 0 Å². The van der Waals surface area contributed by atoms with E-state index in [1.54, 1.807) is 25.7 Å². The highest BCUT2D eigenvalue weighted by molar-refractivity contribution is 5.95. The summed E-state index contributed by atoms with van der Waals surface area (Å²) in [4.78, 5) is 39.4. The fourth-order valence-electron chi connectivity index (χ4n) is 4.81. The summed E-state index contributed by atoms with van der Waals surface area (Å²) in [5.74, 6) is -0.892. The number of nitrogens with zero attached hydrogens (tertiary/aromatic N) is 1. The molecule has 1 N–H and O–H groups in total. The summed E-state index contributed by atoms with van der Waals surface area (Å²) < 4.78 is 10.1. The zero-order valence-corrected chi connectivity index (χ0v) is 21.9. The first-order chi connectivity index (χ1) is 17.7. The molecule has 0 radical (unpaired) electrons. The molecule has 4 rings (SSSR count). The van der Waals surface area contributed by atoms with Crippen molar-refractivity contribution < 1.29 is 23.9 Å². The molecular weight excluding hydrogens is 468 g/mol. The monoisotopic (exact) mass is 502 g/mol. The van der Waals surface area contributed by atoms with Crippen molar-refractivity contribution in [3.63, 3.8) is 0 Å². The van der Waals surface area contributed by atoms with Gasteiger partial charge in [-0.05, 0) is 61.4 Å². The third kappa shape index (κ3) is 6.28. The van der Waals surface area contributed by atoms with Crippen molar-refractivity contribution in [3.05, 3.63) is 76.4 Å². The van der Waals surface area contributed by atoms with E-state index >= 15 is 0 Å². The Morgan fingerprint density at radius 1 is 0.919 bits per heavy atom. The van der Waals surface area contributed by atoms with Gasteiger partial charge in [0.2, 0.25) is 5.91 Å². The van der Waals surface area contributed by atoms with Crippen molar-refractivity contribution in [1.29, 1.82) is 0 Å². The largest absolute Gasteiger partial charge is 0.467 e. The molecule has 7 heteroatoms. The minimum atomic E-state index is -1.11. The van der Waals surface area contributed by atoms with Crippen molar-refractivity contribution in [1.82, 2.24) is 10.2 Å². The van der Waals surface area contributed by atoms with Gasteiger partial charge in [0.1, 0.15) is 11.6 Å². The molecule has 1 aliphatic heterocycles. The highest BCUT2D eigenvalue weighted by Gasteiger charge is 2.31. The second-order valence-corrected chi connectivity index (χ2v) is 10.3. The number of piperidine rings is 1. The lowest BCUT2D eigenvalue weighted by Gasteiger charge is -2.31. The van der Waals surface area contributed by atoms with Crippen LogP contribution in [0.5, 0.6) is 0 Å². The fraction of sp³-hybridized carbons (Fsp3) is 0.367. The minimum absolute atomic E-state index is 0.187. The van der Waals surface area contributed by atoms with Crippen molar-refractivity contribution in [2.24, 2.45) is 0 Å². The molecule has 2 aromatic carbocycles. The predicted molar refractivity (Wildman–Crippen MR) is 143 cm³/mol. The van der Waals surface area contributed by atoms with Gasteiger partial charge in [-0.2, -0.15) is 0 Å². The van der Waals surface area contributed by atoms with Gasteiger partial charge in [-0.25, -0.2) is 9.59 Å². The van der Waals surface area contributed by atoms with E-state index < -0.39 is 23.7 Å². The molecule has 194 valence electrons. The number of alkyl carbamates (subject to hydrolysis) is 1. The fourth-order valence-corrected chi connectivity index (χ4v) is 4.81. The lowest BCUT2D eigenvalue weighted by atomic mass is 9.86. The smallest absolute Gasteiger partial charge is 0.408 e. The Labute approximate surface area is 218 Å². The van der Waals surface area contributed by atoms with Gasteiger partial charge in [0, 0.05) is 13.1 Å². The first-order valence-corrected chi connectivity index (χ1v) is 12.6. The van der Waals surface area contributed by atoms with E-state index in [4.69, 9.17) is 9.47 Å². The van der Waals surface area contributed by atoms with E-state index in [1.165, 1.54) is 40.5 Å². The molecule has 0 saturated carbocycles. The Balaban J connectivity index is 1.50. The van der Waals surface area contributed by atoms with Gasteiger partial charge < -0.3 is 19.7 Å². The number of carbonyl (C=O) groups is 3. The van der Waals surface area contributed by atoms with Crippen molar-refractivity contribution in [2.45, 2.75) is 51.7 Å². The maximum Gasteiger partial charge on any atom is 0.408 e. The normalized spacial score (nSPS) is 15.7. The van der Waals surface area contributed by atoms with Crippen LogP contribution in [0.2, 0.25) is 0 Å². The number of methoxy groups -OCH3 is 1. The SMILES string of the molecule is COC(=O)[C@@H](CC(=O)N1CCC(=C2c3ccccc3C=Cc3ccccc32)CC1)NC(=O)OC(C)(C)C. The molecule has 7 nitrogen and oxygen atoms in total. The van der Waals surface area contributed by atoms with Crippen molar-refractivity contribution in [2.75, 3.05) is 20.2 Å². The molecule has 1 atom stereocenters. The van der Waals surface area contributed by atoms with Gasteiger partial charge in [0.15, 0.2) is 0 Å². The summed E-state index contributed by atoms with van der Waals surface area (Å²) >= 11 is 0. The van der Waals surface area contributed by atoms with Crippen LogP contribution in [0.4, 0.5) is 4.79 Å². The molecule has 1 heterocycles. The van der Waals surface area contributed by atoms with Crippen LogP contribution in [0.15, 0.2) is 54.1 Å². The summed E-state index contributed by atoms with van der Waals surface area (Å²) in [5, 5.41) is 2.48. The molecular formula is C30H34N2O5. The second kappa shape index (κ2) is 11.0. The summed E-state index contributed by atoms with van der Waals surface area (Å²) in [5.41, 5.74) is 6.57. The van der Waals surface area contributed by atoms with Gasteiger partial charge in [-0.3, -0.25) is 4.79 Å². The maximum atomic E-state index is 13.1. The molecule has 37 heavy (non-hydrogen) atoms. The number of rotatable bonds is 4. The van der Waals surface area contributed by atoms with E-state index in [2.05, 4.69) is 53.9 Å². The Hall–Kier alpha value is -3.87. The third-order valence-electron chi connectivity index (χ3n) is 6.53. The molecule has 1 fully saturated rings. The van der Waals surface area contributed by atoms with Gasteiger partial charge in [0.05, 0.1) is 13.5 Å². The molecule has 0 aromatic heterocycles. The van der Waals surface area contributed by atoms with Gasteiger partial charge in [-0.15, -0.1) is 0 Å². The van der Waals surface area contributed by atoms with Crippen LogP contribution >= 0.6 is 0 Å². The number of fused-ring (bicyclic) bond motifs is 2. The molecule has 2 aromatic rings. The number of ether oxygens (including phenoxy) is 2. The summed E-state index contributed by atoms with van der Waals surface area (Å²) in [6.45, 7) is 6.26.